The van der Waals surface area contributed by atoms with E-state index in [0.717, 1.165) is 12.0 Å². The molecule has 2 aliphatic rings. The zero-order valence-electron chi connectivity index (χ0n) is 26.0. The number of carbonyl (C=O) groups is 1. The molecule has 0 saturated carbocycles. The van der Waals surface area contributed by atoms with E-state index in [1.807, 2.05) is 19.1 Å². The standard InChI is InChI=1S/C34H46O9/c1-20(9-8-10-21(2)17-28(36)37)11-16-25-22(3)34(6,7)27(18-33(25,4)5)41-23-12-14-24(15-13-23)42-32-31(40)30(39)29(38)26(19-35)43-32/h8-17,26-27,29-32,35,38-40H,18-19H2,1-7H3,(H,36,37)/b10-8+,16-11+,20-9+,21-17+/t26-,27?,29-,30+,31-,32-/m1/s1. The normalized spacial score (nSPS) is 29.7. The summed E-state index contributed by atoms with van der Waals surface area (Å²) in [7, 11) is 0. The van der Waals surface area contributed by atoms with Gasteiger partial charge in [0, 0.05) is 11.5 Å². The lowest BCUT2D eigenvalue weighted by Gasteiger charge is -2.47. The molecule has 0 radical (unpaired) electrons. The fourth-order valence-corrected chi connectivity index (χ4v) is 5.39. The highest BCUT2D eigenvalue weighted by Gasteiger charge is 2.46. The second-order valence-electron chi connectivity index (χ2n) is 12.6. The van der Waals surface area contributed by atoms with Crippen molar-refractivity contribution in [2.24, 2.45) is 10.8 Å². The van der Waals surface area contributed by atoms with Gasteiger partial charge in [-0.2, -0.15) is 0 Å². The van der Waals surface area contributed by atoms with E-state index in [4.69, 9.17) is 19.3 Å². The summed E-state index contributed by atoms with van der Waals surface area (Å²) in [4.78, 5) is 10.8. The number of rotatable bonds is 10. The molecule has 1 aromatic rings. The van der Waals surface area contributed by atoms with Crippen molar-refractivity contribution < 1.29 is 44.5 Å². The fraction of sp³-hybridized carbons (Fsp3) is 0.500. The molecule has 1 saturated heterocycles. The molecule has 43 heavy (non-hydrogen) atoms. The second-order valence-corrected chi connectivity index (χ2v) is 12.6. The first-order chi connectivity index (χ1) is 20.1. The molecule has 0 spiro atoms. The summed E-state index contributed by atoms with van der Waals surface area (Å²) in [6.45, 7) is 14.1. The molecule has 1 aliphatic heterocycles. The number of benzene rings is 1. The van der Waals surface area contributed by atoms with Crippen molar-refractivity contribution in [2.75, 3.05) is 6.61 Å². The largest absolute Gasteiger partial charge is 0.490 e. The number of aliphatic hydroxyl groups excluding tert-OH is 4. The average molecular weight is 599 g/mol. The van der Waals surface area contributed by atoms with Gasteiger partial charge in [-0.3, -0.25) is 0 Å². The Morgan fingerprint density at radius 2 is 1.56 bits per heavy atom. The molecule has 1 unspecified atom stereocenters. The van der Waals surface area contributed by atoms with Crippen LogP contribution in [0.3, 0.4) is 0 Å². The van der Waals surface area contributed by atoms with E-state index in [2.05, 4.69) is 46.8 Å². The molecule has 3 rings (SSSR count). The number of allylic oxidation sites excluding steroid dienone is 8. The highest BCUT2D eigenvalue weighted by molar-refractivity contribution is 5.81. The molecule has 1 aliphatic carbocycles. The van der Waals surface area contributed by atoms with E-state index in [1.54, 1.807) is 37.3 Å². The number of ether oxygens (including phenoxy) is 3. The Morgan fingerprint density at radius 1 is 0.953 bits per heavy atom. The van der Waals surface area contributed by atoms with Crippen LogP contribution in [0.1, 0.15) is 54.9 Å². The first kappa shape index (κ1) is 34.3. The number of aliphatic carboxylic acids is 1. The van der Waals surface area contributed by atoms with E-state index < -0.39 is 43.3 Å². The Labute approximate surface area is 254 Å². The molecule has 0 amide bonds. The number of carboxylic acids is 1. The predicted octanol–water partition coefficient (Wildman–Crippen LogP) is 4.47. The van der Waals surface area contributed by atoms with E-state index >= 15 is 0 Å². The van der Waals surface area contributed by atoms with Crippen LogP contribution in [-0.4, -0.2) is 74.9 Å². The number of carboxylic acid groups (broad SMARTS) is 1. The number of hydrogen-bond acceptors (Lipinski definition) is 8. The molecular weight excluding hydrogens is 552 g/mol. The van der Waals surface area contributed by atoms with Gasteiger partial charge in [0.25, 0.3) is 0 Å². The van der Waals surface area contributed by atoms with Crippen molar-refractivity contribution in [1.29, 1.82) is 0 Å². The van der Waals surface area contributed by atoms with Crippen LogP contribution in [0.2, 0.25) is 0 Å². The molecule has 9 nitrogen and oxygen atoms in total. The van der Waals surface area contributed by atoms with Crippen LogP contribution in [0.15, 0.2) is 83.0 Å². The Bertz CT molecular complexity index is 1280. The summed E-state index contributed by atoms with van der Waals surface area (Å²) < 4.78 is 17.7. The smallest absolute Gasteiger partial charge is 0.328 e. The molecule has 236 valence electrons. The van der Waals surface area contributed by atoms with Gasteiger partial charge < -0.3 is 39.7 Å². The summed E-state index contributed by atoms with van der Waals surface area (Å²) in [5.41, 5.74) is 3.75. The molecule has 1 heterocycles. The maximum Gasteiger partial charge on any atom is 0.328 e. The van der Waals surface area contributed by atoms with E-state index in [0.29, 0.717) is 17.1 Å². The summed E-state index contributed by atoms with van der Waals surface area (Å²) >= 11 is 0. The van der Waals surface area contributed by atoms with Crippen LogP contribution in [0, 0.1) is 10.8 Å². The van der Waals surface area contributed by atoms with Gasteiger partial charge in [-0.05, 0) is 68.0 Å². The Morgan fingerprint density at radius 3 is 2.14 bits per heavy atom. The van der Waals surface area contributed by atoms with Gasteiger partial charge >= 0.3 is 5.97 Å². The fourth-order valence-electron chi connectivity index (χ4n) is 5.39. The lowest BCUT2D eigenvalue weighted by atomic mass is 9.61. The number of hydrogen-bond donors (Lipinski definition) is 5. The molecule has 5 N–H and O–H groups in total. The summed E-state index contributed by atoms with van der Waals surface area (Å²) in [6.07, 6.45) is 4.87. The zero-order chi connectivity index (χ0) is 32.1. The van der Waals surface area contributed by atoms with Crippen molar-refractivity contribution in [1.82, 2.24) is 0 Å². The molecule has 6 atom stereocenters. The van der Waals surface area contributed by atoms with Gasteiger partial charge in [0.15, 0.2) is 0 Å². The molecule has 1 fully saturated rings. The zero-order valence-corrected chi connectivity index (χ0v) is 26.0. The van der Waals surface area contributed by atoms with Gasteiger partial charge in [0.2, 0.25) is 6.29 Å². The maximum atomic E-state index is 10.8. The first-order valence-electron chi connectivity index (χ1n) is 14.5. The van der Waals surface area contributed by atoms with Gasteiger partial charge in [0.1, 0.15) is 42.0 Å². The van der Waals surface area contributed by atoms with Crippen LogP contribution in [0.5, 0.6) is 11.5 Å². The topological polar surface area (TPSA) is 146 Å². The van der Waals surface area contributed by atoms with Gasteiger partial charge in [0.05, 0.1) is 6.61 Å². The third kappa shape index (κ3) is 8.46. The van der Waals surface area contributed by atoms with Gasteiger partial charge in [-0.15, -0.1) is 0 Å². The van der Waals surface area contributed by atoms with Crippen molar-refractivity contribution >= 4 is 5.97 Å². The highest BCUT2D eigenvalue weighted by Crippen LogP contribution is 2.50. The molecule has 1 aromatic carbocycles. The maximum absolute atomic E-state index is 10.8. The monoisotopic (exact) mass is 598 g/mol. The average Bonchev–Trinajstić information content (AvgIpc) is 2.92. The van der Waals surface area contributed by atoms with Gasteiger partial charge in [-0.1, -0.05) is 69.2 Å². The third-order valence-corrected chi connectivity index (χ3v) is 8.39. The van der Waals surface area contributed by atoms with Crippen LogP contribution >= 0.6 is 0 Å². The lowest BCUT2D eigenvalue weighted by molar-refractivity contribution is -0.277. The summed E-state index contributed by atoms with van der Waals surface area (Å²) in [5.74, 6) is 0.0572. The highest BCUT2D eigenvalue weighted by atomic mass is 16.7. The van der Waals surface area contributed by atoms with Crippen LogP contribution in [0.25, 0.3) is 0 Å². The van der Waals surface area contributed by atoms with Crippen molar-refractivity contribution in [3.63, 3.8) is 0 Å². The van der Waals surface area contributed by atoms with E-state index in [1.165, 1.54) is 17.2 Å². The summed E-state index contributed by atoms with van der Waals surface area (Å²) in [5, 5.41) is 48.5. The quantitative estimate of drug-likeness (QED) is 0.194. The van der Waals surface area contributed by atoms with Crippen molar-refractivity contribution in [3.8, 4) is 11.5 Å². The molecule has 0 aromatic heterocycles. The molecule has 9 heteroatoms. The third-order valence-electron chi connectivity index (χ3n) is 8.39. The van der Waals surface area contributed by atoms with Crippen molar-refractivity contribution in [2.45, 2.75) is 91.7 Å². The van der Waals surface area contributed by atoms with Crippen LogP contribution < -0.4 is 9.47 Å². The minimum Gasteiger partial charge on any atom is -0.490 e. The predicted molar refractivity (Wildman–Crippen MR) is 164 cm³/mol. The van der Waals surface area contributed by atoms with E-state index in [9.17, 15) is 25.2 Å². The van der Waals surface area contributed by atoms with Crippen LogP contribution in [0.4, 0.5) is 0 Å². The van der Waals surface area contributed by atoms with Crippen LogP contribution in [-0.2, 0) is 9.53 Å². The lowest BCUT2D eigenvalue weighted by Crippen LogP contribution is -2.60. The Balaban J connectivity index is 1.72. The molecular formula is C34H46O9. The Kier molecular flexibility index (Phi) is 11.2. The second kappa shape index (κ2) is 14.1. The van der Waals surface area contributed by atoms with Gasteiger partial charge in [-0.25, -0.2) is 4.79 Å². The minimum atomic E-state index is -1.51. The number of aliphatic hydroxyl groups is 4. The minimum absolute atomic E-state index is 0.111. The van der Waals surface area contributed by atoms with E-state index in [-0.39, 0.29) is 16.9 Å². The first-order valence-corrected chi connectivity index (χ1v) is 14.5. The molecule has 0 bridgehead atoms. The Hall–Kier alpha value is -3.21. The summed E-state index contributed by atoms with van der Waals surface area (Å²) in [6, 6.07) is 6.89. The van der Waals surface area contributed by atoms with Crippen molar-refractivity contribution in [3.05, 3.63) is 83.0 Å². The SMILES string of the molecule is CC1=C(/C=C/C(C)=C/C=C/C(C)=C/C(=O)O)C(C)(C)CC(Oc2ccc(O[C@@H]3O[C@H](CO)[C@@H](O)[C@H](O)[C@H]3O)cc2)C1(C)C.